The van der Waals surface area contributed by atoms with Gasteiger partial charge in [0.05, 0.1) is 10.6 Å². The van der Waals surface area contributed by atoms with Gasteiger partial charge in [0.1, 0.15) is 0 Å². The maximum atomic E-state index is 12.3. The molecule has 0 aliphatic heterocycles. The number of benzene rings is 2. The Morgan fingerprint density at radius 2 is 1.57 bits per heavy atom. The van der Waals surface area contributed by atoms with Gasteiger partial charge in [-0.15, -0.1) is 0 Å². The molecule has 0 aromatic heterocycles. The molecular formula is C17H16BrClN2O2. The van der Waals surface area contributed by atoms with E-state index in [0.717, 1.165) is 4.47 Å². The first-order chi connectivity index (χ1) is 10.9. The predicted molar refractivity (Wildman–Crippen MR) is 97.0 cm³/mol. The van der Waals surface area contributed by atoms with Crippen molar-refractivity contribution in [2.75, 3.05) is 10.6 Å². The molecule has 0 atom stereocenters. The molecule has 2 aromatic rings. The molecule has 2 amide bonds. The lowest BCUT2D eigenvalue weighted by Gasteiger charge is -2.10. The van der Waals surface area contributed by atoms with Crippen molar-refractivity contribution in [1.82, 2.24) is 0 Å². The van der Waals surface area contributed by atoms with E-state index in [2.05, 4.69) is 26.6 Å². The highest BCUT2D eigenvalue weighted by molar-refractivity contribution is 9.10. The van der Waals surface area contributed by atoms with Crippen LogP contribution in [0.2, 0.25) is 5.02 Å². The molecule has 6 heteroatoms. The standard InChI is InChI=1S/C17H16BrClN2O2/c1-10(2)16(22)20-12-4-6-13(7-5-12)21-17(23)14-9-11(18)3-8-15(14)19/h3-10H,1-2H3,(H,20,22)(H,21,23). The number of carbonyl (C=O) groups is 2. The van der Waals surface area contributed by atoms with Gasteiger partial charge in [0.2, 0.25) is 5.91 Å². The SMILES string of the molecule is CC(C)C(=O)Nc1ccc(NC(=O)c2cc(Br)ccc2Cl)cc1. The molecule has 0 saturated carbocycles. The molecule has 0 fully saturated rings. The summed E-state index contributed by atoms with van der Waals surface area (Å²) in [7, 11) is 0. The first-order valence-electron chi connectivity index (χ1n) is 7.04. The second-order valence-electron chi connectivity index (χ2n) is 5.30. The van der Waals surface area contributed by atoms with Crippen molar-refractivity contribution in [3.63, 3.8) is 0 Å². The Morgan fingerprint density at radius 1 is 1.00 bits per heavy atom. The van der Waals surface area contributed by atoms with Crippen molar-refractivity contribution in [2.24, 2.45) is 5.92 Å². The lowest BCUT2D eigenvalue weighted by atomic mass is 10.2. The normalized spacial score (nSPS) is 10.5. The Hall–Kier alpha value is -1.85. The lowest BCUT2D eigenvalue weighted by Crippen LogP contribution is -2.17. The van der Waals surface area contributed by atoms with Crippen LogP contribution in [0.5, 0.6) is 0 Å². The van der Waals surface area contributed by atoms with E-state index in [1.54, 1.807) is 42.5 Å². The average Bonchev–Trinajstić information content (AvgIpc) is 2.51. The third kappa shape index (κ3) is 4.81. The molecule has 0 radical (unpaired) electrons. The summed E-state index contributed by atoms with van der Waals surface area (Å²) >= 11 is 9.36. The summed E-state index contributed by atoms with van der Waals surface area (Å²) in [5.41, 5.74) is 1.69. The molecule has 23 heavy (non-hydrogen) atoms. The van der Waals surface area contributed by atoms with Gasteiger partial charge in [0, 0.05) is 21.8 Å². The predicted octanol–water partition coefficient (Wildman–Crippen LogP) is 4.95. The van der Waals surface area contributed by atoms with Gasteiger partial charge in [0.15, 0.2) is 0 Å². The second-order valence-corrected chi connectivity index (χ2v) is 6.62. The first-order valence-corrected chi connectivity index (χ1v) is 8.21. The summed E-state index contributed by atoms with van der Waals surface area (Å²) < 4.78 is 0.777. The monoisotopic (exact) mass is 394 g/mol. The number of halogens is 2. The Labute approximate surface area is 148 Å². The molecular weight excluding hydrogens is 380 g/mol. The summed E-state index contributed by atoms with van der Waals surface area (Å²) in [6.07, 6.45) is 0. The zero-order valence-corrected chi connectivity index (χ0v) is 15.0. The third-order valence-corrected chi connectivity index (χ3v) is 3.93. The fourth-order valence-corrected chi connectivity index (χ4v) is 2.36. The van der Waals surface area contributed by atoms with Crippen LogP contribution in [0.4, 0.5) is 11.4 Å². The summed E-state index contributed by atoms with van der Waals surface area (Å²) in [4.78, 5) is 23.9. The number of hydrogen-bond donors (Lipinski definition) is 2. The summed E-state index contributed by atoms with van der Waals surface area (Å²) in [5, 5.41) is 5.94. The van der Waals surface area contributed by atoms with Crippen LogP contribution in [0.1, 0.15) is 24.2 Å². The molecule has 0 saturated heterocycles. The van der Waals surface area contributed by atoms with Crippen LogP contribution < -0.4 is 10.6 Å². The van der Waals surface area contributed by atoms with Crippen LogP contribution in [-0.4, -0.2) is 11.8 Å². The highest BCUT2D eigenvalue weighted by Crippen LogP contribution is 2.22. The lowest BCUT2D eigenvalue weighted by molar-refractivity contribution is -0.118. The van der Waals surface area contributed by atoms with E-state index in [1.165, 1.54) is 0 Å². The van der Waals surface area contributed by atoms with Gasteiger partial charge in [-0.25, -0.2) is 0 Å². The Morgan fingerprint density at radius 3 is 2.13 bits per heavy atom. The van der Waals surface area contributed by atoms with Crippen molar-refractivity contribution in [1.29, 1.82) is 0 Å². The minimum atomic E-state index is -0.296. The van der Waals surface area contributed by atoms with Gasteiger partial charge in [-0.2, -0.15) is 0 Å². The molecule has 0 aliphatic rings. The average molecular weight is 396 g/mol. The van der Waals surface area contributed by atoms with E-state index in [4.69, 9.17) is 11.6 Å². The first kappa shape index (κ1) is 17.5. The molecule has 0 unspecified atom stereocenters. The Bertz CT molecular complexity index is 730. The number of carbonyl (C=O) groups excluding carboxylic acids is 2. The van der Waals surface area contributed by atoms with Crippen molar-refractivity contribution in [2.45, 2.75) is 13.8 Å². The number of nitrogens with one attached hydrogen (secondary N) is 2. The van der Waals surface area contributed by atoms with E-state index in [-0.39, 0.29) is 17.7 Å². The quantitative estimate of drug-likeness (QED) is 0.769. The molecule has 0 bridgehead atoms. The van der Waals surface area contributed by atoms with Crippen LogP contribution in [0.3, 0.4) is 0 Å². The van der Waals surface area contributed by atoms with Gasteiger partial charge in [-0.3, -0.25) is 9.59 Å². The van der Waals surface area contributed by atoms with Crippen molar-refractivity contribution >= 4 is 50.7 Å². The van der Waals surface area contributed by atoms with Crippen LogP contribution in [-0.2, 0) is 4.79 Å². The molecule has 0 spiro atoms. The van der Waals surface area contributed by atoms with Crippen LogP contribution in [0.25, 0.3) is 0 Å². The van der Waals surface area contributed by atoms with Gasteiger partial charge < -0.3 is 10.6 Å². The van der Waals surface area contributed by atoms with E-state index < -0.39 is 0 Å². The minimum absolute atomic E-state index is 0.0531. The summed E-state index contributed by atoms with van der Waals surface area (Å²) in [6, 6.07) is 12.0. The van der Waals surface area contributed by atoms with E-state index in [1.807, 2.05) is 13.8 Å². The molecule has 120 valence electrons. The fraction of sp³-hybridized carbons (Fsp3) is 0.176. The van der Waals surface area contributed by atoms with Gasteiger partial charge in [-0.05, 0) is 42.5 Å². The van der Waals surface area contributed by atoms with Crippen molar-refractivity contribution in [3.8, 4) is 0 Å². The van der Waals surface area contributed by atoms with E-state index >= 15 is 0 Å². The Kier molecular flexibility index (Phi) is 5.80. The second kappa shape index (κ2) is 7.62. The molecule has 0 heterocycles. The van der Waals surface area contributed by atoms with Crippen LogP contribution in [0.15, 0.2) is 46.9 Å². The highest BCUT2D eigenvalue weighted by Gasteiger charge is 2.11. The topological polar surface area (TPSA) is 58.2 Å². The minimum Gasteiger partial charge on any atom is -0.326 e. The Balaban J connectivity index is 2.07. The number of rotatable bonds is 4. The zero-order valence-electron chi connectivity index (χ0n) is 12.7. The van der Waals surface area contributed by atoms with Gasteiger partial charge in [0.25, 0.3) is 5.91 Å². The highest BCUT2D eigenvalue weighted by atomic mass is 79.9. The van der Waals surface area contributed by atoms with Gasteiger partial charge in [-0.1, -0.05) is 41.4 Å². The molecule has 4 nitrogen and oxygen atoms in total. The zero-order chi connectivity index (χ0) is 17.0. The van der Waals surface area contributed by atoms with E-state index in [0.29, 0.717) is 22.0 Å². The molecule has 2 rings (SSSR count). The number of hydrogen-bond acceptors (Lipinski definition) is 2. The fourth-order valence-electron chi connectivity index (χ4n) is 1.79. The molecule has 0 aliphatic carbocycles. The maximum absolute atomic E-state index is 12.3. The number of anilines is 2. The maximum Gasteiger partial charge on any atom is 0.257 e. The third-order valence-electron chi connectivity index (χ3n) is 3.11. The summed E-state index contributed by atoms with van der Waals surface area (Å²) in [6.45, 7) is 3.65. The summed E-state index contributed by atoms with van der Waals surface area (Å²) in [5.74, 6) is -0.439. The van der Waals surface area contributed by atoms with Crippen LogP contribution in [0, 0.1) is 5.92 Å². The number of amides is 2. The van der Waals surface area contributed by atoms with Crippen LogP contribution >= 0.6 is 27.5 Å². The van der Waals surface area contributed by atoms with Crippen molar-refractivity contribution in [3.05, 3.63) is 57.5 Å². The van der Waals surface area contributed by atoms with Gasteiger partial charge >= 0.3 is 0 Å². The molecule has 2 aromatic carbocycles. The largest absolute Gasteiger partial charge is 0.326 e. The van der Waals surface area contributed by atoms with Crippen molar-refractivity contribution < 1.29 is 9.59 Å². The smallest absolute Gasteiger partial charge is 0.257 e. The molecule has 2 N–H and O–H groups in total. The van der Waals surface area contributed by atoms with E-state index in [9.17, 15) is 9.59 Å².